The number of rotatable bonds is 0. The van der Waals surface area contributed by atoms with Gasteiger partial charge in [0.25, 0.3) is 0 Å². The van der Waals surface area contributed by atoms with E-state index >= 15 is 0 Å². The number of methoxy groups -OCH3 is 1. The van der Waals surface area contributed by atoms with E-state index in [2.05, 4.69) is 25.9 Å². The lowest BCUT2D eigenvalue weighted by molar-refractivity contribution is 0.407. The molecular formula is C6H6BrClN2O. The molecule has 0 amide bonds. The number of halogens is 2. The molecule has 0 saturated carbocycles. The largest absolute Gasteiger partial charge is 0.480 e. The molecule has 0 unspecified atom stereocenters. The summed E-state index contributed by atoms with van der Waals surface area (Å²) in [5, 5.41) is 0.215. The molecule has 1 heterocycles. The van der Waals surface area contributed by atoms with Crippen molar-refractivity contribution in [3.05, 3.63) is 10.6 Å². The van der Waals surface area contributed by atoms with Gasteiger partial charge in [0.1, 0.15) is 0 Å². The van der Waals surface area contributed by atoms with Crippen LogP contribution in [0.25, 0.3) is 0 Å². The van der Waals surface area contributed by atoms with Gasteiger partial charge in [-0.15, -0.1) is 0 Å². The molecule has 0 fully saturated rings. The molecule has 0 spiro atoms. The van der Waals surface area contributed by atoms with Gasteiger partial charge in [-0.3, -0.25) is 4.99 Å². The molecule has 1 aliphatic rings. The molecule has 0 aliphatic carbocycles. The van der Waals surface area contributed by atoms with Crippen LogP contribution in [0.1, 0.15) is 0 Å². The SMILES string of the molecule is COC1=NC(Cl)=NCC=C1Br. The zero-order chi connectivity index (χ0) is 8.27. The first-order valence-electron chi connectivity index (χ1n) is 2.92. The van der Waals surface area contributed by atoms with Crippen molar-refractivity contribution in [2.45, 2.75) is 0 Å². The zero-order valence-corrected chi connectivity index (χ0v) is 8.18. The van der Waals surface area contributed by atoms with Crippen molar-refractivity contribution in [2.75, 3.05) is 13.7 Å². The maximum atomic E-state index is 5.59. The Balaban J connectivity index is 2.92. The van der Waals surface area contributed by atoms with Gasteiger partial charge < -0.3 is 4.74 Å². The van der Waals surface area contributed by atoms with E-state index in [1.54, 1.807) is 0 Å². The van der Waals surface area contributed by atoms with Gasteiger partial charge in [-0.05, 0) is 33.6 Å². The molecule has 0 aromatic carbocycles. The molecular weight excluding hydrogens is 231 g/mol. The van der Waals surface area contributed by atoms with Gasteiger partial charge in [-0.1, -0.05) is 0 Å². The Labute approximate surface area is 77.9 Å². The van der Waals surface area contributed by atoms with Crippen molar-refractivity contribution in [2.24, 2.45) is 9.98 Å². The summed E-state index contributed by atoms with van der Waals surface area (Å²) >= 11 is 8.85. The van der Waals surface area contributed by atoms with Crippen LogP contribution in [0.4, 0.5) is 0 Å². The third kappa shape index (κ3) is 2.31. The maximum Gasteiger partial charge on any atom is 0.230 e. The van der Waals surface area contributed by atoms with Crippen LogP contribution in [0, 0.1) is 0 Å². The summed E-state index contributed by atoms with van der Waals surface area (Å²) in [4.78, 5) is 7.75. The van der Waals surface area contributed by atoms with E-state index in [-0.39, 0.29) is 5.29 Å². The highest BCUT2D eigenvalue weighted by atomic mass is 79.9. The van der Waals surface area contributed by atoms with Crippen LogP contribution in [0.3, 0.4) is 0 Å². The Morgan fingerprint density at radius 1 is 1.73 bits per heavy atom. The average molecular weight is 237 g/mol. The van der Waals surface area contributed by atoms with Crippen LogP contribution in [0.5, 0.6) is 0 Å². The Morgan fingerprint density at radius 3 is 3.09 bits per heavy atom. The van der Waals surface area contributed by atoms with E-state index in [9.17, 15) is 0 Å². The highest BCUT2D eigenvalue weighted by molar-refractivity contribution is 9.12. The summed E-state index contributed by atoms with van der Waals surface area (Å²) in [7, 11) is 1.53. The fourth-order valence-corrected chi connectivity index (χ4v) is 1.15. The fourth-order valence-electron chi connectivity index (χ4n) is 0.604. The van der Waals surface area contributed by atoms with Crippen LogP contribution in [0.2, 0.25) is 0 Å². The monoisotopic (exact) mass is 236 g/mol. The Hall–Kier alpha value is -0.350. The summed E-state index contributed by atoms with van der Waals surface area (Å²) in [6.07, 6.45) is 1.83. The van der Waals surface area contributed by atoms with E-state index in [1.165, 1.54) is 7.11 Å². The second-order valence-electron chi connectivity index (χ2n) is 1.78. The third-order valence-corrected chi connectivity index (χ3v) is 1.95. The molecule has 11 heavy (non-hydrogen) atoms. The molecule has 1 rings (SSSR count). The van der Waals surface area contributed by atoms with E-state index in [0.717, 1.165) is 4.48 Å². The lowest BCUT2D eigenvalue weighted by Crippen LogP contribution is -2.01. The topological polar surface area (TPSA) is 34.0 Å². The molecule has 0 atom stereocenters. The van der Waals surface area contributed by atoms with Crippen molar-refractivity contribution in [3.63, 3.8) is 0 Å². The van der Waals surface area contributed by atoms with Crippen molar-refractivity contribution in [3.8, 4) is 0 Å². The number of amidine groups is 1. The molecule has 0 aromatic heterocycles. The van der Waals surface area contributed by atoms with E-state index < -0.39 is 0 Å². The minimum atomic E-state index is 0.215. The molecule has 60 valence electrons. The molecule has 3 nitrogen and oxygen atoms in total. The number of nitrogens with zero attached hydrogens (tertiary/aromatic N) is 2. The van der Waals surface area contributed by atoms with Gasteiger partial charge in [0.2, 0.25) is 11.2 Å². The molecule has 5 heteroatoms. The van der Waals surface area contributed by atoms with E-state index in [0.29, 0.717) is 12.4 Å². The standard InChI is InChI=1S/C6H6BrClN2O/c1-11-5-4(7)2-3-9-6(8)10-5/h2H,3H2,1H3. The molecule has 1 aliphatic heterocycles. The van der Waals surface area contributed by atoms with Crippen LogP contribution >= 0.6 is 27.5 Å². The first-order valence-corrected chi connectivity index (χ1v) is 4.10. The Kier molecular flexibility index (Phi) is 3.08. The van der Waals surface area contributed by atoms with Crippen LogP contribution in [-0.4, -0.2) is 24.8 Å². The lowest BCUT2D eigenvalue weighted by Gasteiger charge is -1.99. The quantitative estimate of drug-likeness (QED) is 0.593. The van der Waals surface area contributed by atoms with Crippen LogP contribution in [-0.2, 0) is 4.74 Å². The number of ether oxygens (including phenoxy) is 1. The Morgan fingerprint density at radius 2 is 2.45 bits per heavy atom. The highest BCUT2D eigenvalue weighted by Crippen LogP contribution is 2.12. The van der Waals surface area contributed by atoms with Gasteiger partial charge in [0.05, 0.1) is 18.1 Å². The van der Waals surface area contributed by atoms with E-state index in [4.69, 9.17) is 16.3 Å². The lowest BCUT2D eigenvalue weighted by atomic mass is 10.5. The average Bonchev–Trinajstić information content (AvgIpc) is 2.13. The normalized spacial score (nSPS) is 17.9. The number of aliphatic imine (C=N–C) groups is 2. The second kappa shape index (κ2) is 3.88. The van der Waals surface area contributed by atoms with Crippen molar-refractivity contribution in [1.29, 1.82) is 0 Å². The van der Waals surface area contributed by atoms with Gasteiger partial charge in [0.15, 0.2) is 0 Å². The second-order valence-corrected chi connectivity index (χ2v) is 2.98. The smallest absolute Gasteiger partial charge is 0.230 e. The van der Waals surface area contributed by atoms with Gasteiger partial charge >= 0.3 is 0 Å². The minimum Gasteiger partial charge on any atom is -0.480 e. The summed E-state index contributed by atoms with van der Waals surface area (Å²) in [6, 6.07) is 0. The van der Waals surface area contributed by atoms with Crippen molar-refractivity contribution >= 4 is 38.7 Å². The molecule has 0 bridgehead atoms. The predicted octanol–water partition coefficient (Wildman–Crippen LogP) is 1.92. The molecule has 0 saturated heterocycles. The highest BCUT2D eigenvalue weighted by Gasteiger charge is 2.07. The predicted molar refractivity (Wildman–Crippen MR) is 49.6 cm³/mol. The summed E-state index contributed by atoms with van der Waals surface area (Å²) in [5.74, 6) is 0.455. The van der Waals surface area contributed by atoms with E-state index in [1.807, 2.05) is 6.08 Å². The molecule has 0 aromatic rings. The fraction of sp³-hybridized carbons (Fsp3) is 0.333. The van der Waals surface area contributed by atoms with Crippen LogP contribution in [0.15, 0.2) is 20.5 Å². The molecule has 0 radical (unpaired) electrons. The van der Waals surface area contributed by atoms with Crippen molar-refractivity contribution < 1.29 is 4.74 Å². The van der Waals surface area contributed by atoms with Crippen LogP contribution < -0.4 is 0 Å². The number of hydrogen-bond acceptors (Lipinski definition) is 3. The van der Waals surface area contributed by atoms with Crippen molar-refractivity contribution in [1.82, 2.24) is 0 Å². The van der Waals surface area contributed by atoms with Gasteiger partial charge in [0, 0.05) is 0 Å². The third-order valence-electron chi connectivity index (χ3n) is 1.08. The molecule has 0 N–H and O–H groups in total. The first kappa shape index (κ1) is 8.74. The summed E-state index contributed by atoms with van der Waals surface area (Å²) < 4.78 is 5.70. The van der Waals surface area contributed by atoms with Gasteiger partial charge in [-0.25, -0.2) is 0 Å². The summed E-state index contributed by atoms with van der Waals surface area (Å²) in [6.45, 7) is 0.524. The number of hydrogen-bond donors (Lipinski definition) is 0. The summed E-state index contributed by atoms with van der Waals surface area (Å²) in [5.41, 5.74) is 0. The zero-order valence-electron chi connectivity index (χ0n) is 5.84. The minimum absolute atomic E-state index is 0.215. The maximum absolute atomic E-state index is 5.59. The van der Waals surface area contributed by atoms with Gasteiger partial charge in [-0.2, -0.15) is 4.99 Å². The first-order chi connectivity index (χ1) is 5.24. The Bertz CT molecular complexity index is 247.